The Kier molecular flexibility index (Phi) is 7.21. The number of carbonyl (C=O) groups excluding carboxylic acids is 2. The SMILES string of the molecule is CCn1c(SCC(=O)Nc2cccc(NC(=O)c3cccc(C)c3)c2)nnc1-c1cccs1. The minimum atomic E-state index is -0.196. The van der Waals surface area contributed by atoms with Crippen LogP contribution in [0.5, 0.6) is 0 Å². The number of aromatic nitrogens is 3. The van der Waals surface area contributed by atoms with Gasteiger partial charge in [-0.1, -0.05) is 41.6 Å². The predicted molar refractivity (Wildman–Crippen MR) is 134 cm³/mol. The van der Waals surface area contributed by atoms with E-state index in [0.29, 0.717) is 28.6 Å². The second kappa shape index (κ2) is 10.5. The fourth-order valence-electron chi connectivity index (χ4n) is 3.26. The third-order valence-electron chi connectivity index (χ3n) is 4.79. The Morgan fingerprint density at radius 2 is 1.79 bits per heavy atom. The van der Waals surface area contributed by atoms with Crippen LogP contribution in [0.2, 0.25) is 0 Å². The largest absolute Gasteiger partial charge is 0.325 e. The molecule has 0 bridgehead atoms. The summed E-state index contributed by atoms with van der Waals surface area (Å²) in [6, 6.07) is 18.5. The molecule has 0 atom stereocenters. The molecule has 2 amide bonds. The topological polar surface area (TPSA) is 88.9 Å². The Bertz CT molecular complexity index is 1270. The first-order valence-corrected chi connectivity index (χ1v) is 12.3. The molecule has 0 radical (unpaired) electrons. The van der Waals surface area contributed by atoms with Crippen LogP contribution in [0.15, 0.2) is 71.2 Å². The number of benzene rings is 2. The summed E-state index contributed by atoms with van der Waals surface area (Å²) in [7, 11) is 0. The van der Waals surface area contributed by atoms with Crippen molar-refractivity contribution in [3.8, 4) is 10.7 Å². The zero-order valence-corrected chi connectivity index (χ0v) is 19.9. The summed E-state index contributed by atoms with van der Waals surface area (Å²) in [5, 5.41) is 17.0. The van der Waals surface area contributed by atoms with Gasteiger partial charge in [-0.25, -0.2) is 0 Å². The van der Waals surface area contributed by atoms with Crippen LogP contribution in [-0.2, 0) is 11.3 Å². The van der Waals surface area contributed by atoms with Crippen molar-refractivity contribution < 1.29 is 9.59 Å². The standard InChI is InChI=1S/C24H23N5O2S2/c1-3-29-22(20-11-6-12-32-20)27-28-24(29)33-15-21(30)25-18-9-5-10-19(14-18)26-23(31)17-8-4-7-16(2)13-17/h4-14H,3,15H2,1-2H3,(H,25,30)(H,26,31). The molecular formula is C24H23N5O2S2. The van der Waals surface area contributed by atoms with E-state index in [0.717, 1.165) is 16.3 Å². The number of nitrogens with zero attached hydrogens (tertiary/aromatic N) is 3. The van der Waals surface area contributed by atoms with Crippen LogP contribution in [0.3, 0.4) is 0 Å². The number of carbonyl (C=O) groups is 2. The summed E-state index contributed by atoms with van der Waals surface area (Å²) < 4.78 is 2.01. The molecule has 33 heavy (non-hydrogen) atoms. The molecule has 4 aromatic rings. The summed E-state index contributed by atoms with van der Waals surface area (Å²) >= 11 is 2.95. The Balaban J connectivity index is 1.36. The zero-order valence-electron chi connectivity index (χ0n) is 18.2. The molecule has 2 aromatic heterocycles. The predicted octanol–water partition coefficient (Wildman–Crippen LogP) is 5.32. The first-order valence-electron chi connectivity index (χ1n) is 10.4. The minimum Gasteiger partial charge on any atom is -0.325 e. The lowest BCUT2D eigenvalue weighted by molar-refractivity contribution is -0.113. The monoisotopic (exact) mass is 477 g/mol. The smallest absolute Gasteiger partial charge is 0.255 e. The van der Waals surface area contributed by atoms with Crippen LogP contribution >= 0.6 is 23.1 Å². The fourth-order valence-corrected chi connectivity index (χ4v) is 4.78. The number of nitrogens with one attached hydrogen (secondary N) is 2. The highest BCUT2D eigenvalue weighted by molar-refractivity contribution is 7.99. The van der Waals surface area contributed by atoms with Gasteiger partial charge in [0.05, 0.1) is 10.6 Å². The molecular weight excluding hydrogens is 454 g/mol. The summed E-state index contributed by atoms with van der Waals surface area (Å²) in [6.45, 7) is 4.69. The lowest BCUT2D eigenvalue weighted by Gasteiger charge is -2.10. The quantitative estimate of drug-likeness (QED) is 0.335. The van der Waals surface area contributed by atoms with E-state index < -0.39 is 0 Å². The van der Waals surface area contributed by atoms with E-state index in [1.165, 1.54) is 11.8 Å². The van der Waals surface area contributed by atoms with Crippen LogP contribution < -0.4 is 10.6 Å². The minimum absolute atomic E-state index is 0.162. The van der Waals surface area contributed by atoms with Crippen molar-refractivity contribution in [2.24, 2.45) is 0 Å². The molecule has 2 N–H and O–H groups in total. The summed E-state index contributed by atoms with van der Waals surface area (Å²) in [4.78, 5) is 26.1. The lowest BCUT2D eigenvalue weighted by Crippen LogP contribution is -2.15. The molecule has 9 heteroatoms. The van der Waals surface area contributed by atoms with Gasteiger partial charge < -0.3 is 15.2 Å². The molecule has 2 heterocycles. The average molecular weight is 478 g/mol. The highest BCUT2D eigenvalue weighted by Gasteiger charge is 2.15. The number of thioether (sulfide) groups is 1. The third kappa shape index (κ3) is 5.68. The second-order valence-electron chi connectivity index (χ2n) is 7.27. The maximum atomic E-state index is 12.5. The summed E-state index contributed by atoms with van der Waals surface area (Å²) in [5.41, 5.74) is 2.82. The number of aryl methyl sites for hydroxylation is 1. The van der Waals surface area contributed by atoms with Gasteiger partial charge in [0.15, 0.2) is 11.0 Å². The van der Waals surface area contributed by atoms with Crippen molar-refractivity contribution in [2.75, 3.05) is 16.4 Å². The van der Waals surface area contributed by atoms with Crippen LogP contribution in [0, 0.1) is 6.92 Å². The Morgan fingerprint density at radius 3 is 2.52 bits per heavy atom. The molecule has 168 valence electrons. The Labute approximate surface area is 200 Å². The van der Waals surface area contributed by atoms with Gasteiger partial charge in [-0.05, 0) is 55.6 Å². The number of rotatable bonds is 8. The third-order valence-corrected chi connectivity index (χ3v) is 6.62. The van der Waals surface area contributed by atoms with E-state index in [9.17, 15) is 9.59 Å². The first-order chi connectivity index (χ1) is 16.0. The van der Waals surface area contributed by atoms with Gasteiger partial charge in [0.1, 0.15) is 0 Å². The van der Waals surface area contributed by atoms with Crippen LogP contribution in [-0.4, -0.2) is 32.3 Å². The van der Waals surface area contributed by atoms with E-state index in [1.807, 2.05) is 54.1 Å². The van der Waals surface area contributed by atoms with Crippen molar-refractivity contribution in [3.05, 3.63) is 77.2 Å². The van der Waals surface area contributed by atoms with E-state index in [4.69, 9.17) is 0 Å². The molecule has 0 fully saturated rings. The highest BCUT2D eigenvalue weighted by Crippen LogP contribution is 2.27. The van der Waals surface area contributed by atoms with E-state index in [2.05, 4.69) is 20.8 Å². The number of hydrogen-bond donors (Lipinski definition) is 2. The molecule has 2 aromatic carbocycles. The molecule has 0 aliphatic rings. The number of hydrogen-bond acceptors (Lipinski definition) is 6. The van der Waals surface area contributed by atoms with E-state index in [-0.39, 0.29) is 17.6 Å². The van der Waals surface area contributed by atoms with Gasteiger partial charge in [0, 0.05) is 23.5 Å². The zero-order chi connectivity index (χ0) is 23.2. The normalized spacial score (nSPS) is 10.7. The Hall–Kier alpha value is -3.43. The molecule has 4 rings (SSSR count). The average Bonchev–Trinajstić information content (AvgIpc) is 3.47. The maximum Gasteiger partial charge on any atom is 0.255 e. The van der Waals surface area contributed by atoms with Crippen LogP contribution in [0.1, 0.15) is 22.8 Å². The second-order valence-corrected chi connectivity index (χ2v) is 9.16. The summed E-state index contributed by atoms with van der Waals surface area (Å²) in [6.07, 6.45) is 0. The van der Waals surface area contributed by atoms with Crippen molar-refractivity contribution in [1.29, 1.82) is 0 Å². The van der Waals surface area contributed by atoms with Gasteiger partial charge in [-0.3, -0.25) is 9.59 Å². The van der Waals surface area contributed by atoms with Crippen molar-refractivity contribution in [2.45, 2.75) is 25.5 Å². The molecule has 0 saturated carbocycles. The number of amides is 2. The fraction of sp³-hybridized carbons (Fsp3) is 0.167. The van der Waals surface area contributed by atoms with Gasteiger partial charge in [-0.2, -0.15) is 0 Å². The number of anilines is 2. The maximum absolute atomic E-state index is 12.5. The van der Waals surface area contributed by atoms with Crippen molar-refractivity contribution in [1.82, 2.24) is 14.8 Å². The molecule has 0 spiro atoms. The molecule has 0 saturated heterocycles. The summed E-state index contributed by atoms with van der Waals surface area (Å²) in [5.74, 6) is 0.652. The van der Waals surface area contributed by atoms with Crippen molar-refractivity contribution in [3.63, 3.8) is 0 Å². The van der Waals surface area contributed by atoms with E-state index >= 15 is 0 Å². The first kappa shape index (κ1) is 22.8. The molecule has 0 aliphatic heterocycles. The molecule has 7 nitrogen and oxygen atoms in total. The number of thiophene rings is 1. The Morgan fingerprint density at radius 1 is 1.00 bits per heavy atom. The highest BCUT2D eigenvalue weighted by atomic mass is 32.2. The molecule has 0 aliphatic carbocycles. The lowest BCUT2D eigenvalue weighted by atomic mass is 10.1. The van der Waals surface area contributed by atoms with Gasteiger partial charge in [-0.15, -0.1) is 21.5 Å². The van der Waals surface area contributed by atoms with Gasteiger partial charge in [0.2, 0.25) is 5.91 Å². The van der Waals surface area contributed by atoms with Crippen molar-refractivity contribution >= 4 is 46.3 Å². The van der Waals surface area contributed by atoms with Gasteiger partial charge >= 0.3 is 0 Å². The van der Waals surface area contributed by atoms with Gasteiger partial charge in [0.25, 0.3) is 5.91 Å². The van der Waals surface area contributed by atoms with E-state index in [1.54, 1.807) is 41.7 Å². The molecule has 0 unspecified atom stereocenters. The van der Waals surface area contributed by atoms with Crippen LogP contribution in [0.4, 0.5) is 11.4 Å². The van der Waals surface area contributed by atoms with Crippen LogP contribution in [0.25, 0.3) is 10.7 Å².